The van der Waals surface area contributed by atoms with E-state index in [2.05, 4.69) is 4.98 Å². The zero-order valence-electron chi connectivity index (χ0n) is 17.4. The van der Waals surface area contributed by atoms with Crippen LogP contribution in [0.5, 0.6) is 5.75 Å². The summed E-state index contributed by atoms with van der Waals surface area (Å²) in [4.78, 5) is 43.1. The fraction of sp³-hybridized carbons (Fsp3) is 0.304. The lowest BCUT2D eigenvalue weighted by Gasteiger charge is -2.33. The molecule has 0 aliphatic carbocycles. The monoisotopic (exact) mass is 435 g/mol. The van der Waals surface area contributed by atoms with Crippen LogP contribution in [0.1, 0.15) is 27.1 Å². The molecule has 2 aromatic carbocycles. The Morgan fingerprint density at radius 2 is 1.72 bits per heavy atom. The lowest BCUT2D eigenvalue weighted by atomic mass is 10.1. The molecule has 2 amide bonds. The zero-order valence-corrected chi connectivity index (χ0v) is 17.4. The maximum atomic E-state index is 12.7. The van der Waals surface area contributed by atoms with Gasteiger partial charge in [0.2, 0.25) is 0 Å². The van der Waals surface area contributed by atoms with Crippen molar-refractivity contribution < 1.29 is 23.8 Å². The molecule has 0 radical (unpaired) electrons. The third kappa shape index (κ3) is 3.45. The first-order valence-corrected chi connectivity index (χ1v) is 10.3. The molecule has 3 heterocycles. The van der Waals surface area contributed by atoms with Gasteiger partial charge in [0.1, 0.15) is 5.75 Å². The average Bonchev–Trinajstić information content (AvgIpc) is 3.08. The molecule has 1 aromatic heterocycles. The van der Waals surface area contributed by atoms with Gasteiger partial charge in [-0.3, -0.25) is 19.3 Å². The number of rotatable bonds is 5. The van der Waals surface area contributed by atoms with E-state index in [1.165, 1.54) is 11.1 Å². The summed E-state index contributed by atoms with van der Waals surface area (Å²) >= 11 is 0. The Balaban J connectivity index is 1.25. The van der Waals surface area contributed by atoms with Crippen molar-refractivity contribution >= 4 is 22.8 Å². The van der Waals surface area contributed by atoms with E-state index in [0.717, 1.165) is 0 Å². The Bertz CT molecular complexity index is 1230. The molecular weight excluding hydrogens is 414 g/mol. The number of amides is 2. The van der Waals surface area contributed by atoms with Crippen molar-refractivity contribution in [2.45, 2.75) is 25.3 Å². The summed E-state index contributed by atoms with van der Waals surface area (Å²) in [6.07, 6.45) is 1.16. The van der Waals surface area contributed by atoms with E-state index in [-0.39, 0.29) is 30.6 Å². The van der Waals surface area contributed by atoms with Crippen LogP contribution in [0, 0.1) is 0 Å². The minimum absolute atomic E-state index is 0.177. The molecule has 0 spiro atoms. The number of aromatic nitrogens is 2. The summed E-state index contributed by atoms with van der Waals surface area (Å²) in [5, 5.41) is 0. The van der Waals surface area contributed by atoms with Crippen LogP contribution in [-0.4, -0.2) is 58.9 Å². The molecule has 2 aliphatic rings. The van der Waals surface area contributed by atoms with Crippen molar-refractivity contribution in [2.75, 3.05) is 20.3 Å². The Morgan fingerprint density at radius 3 is 2.38 bits per heavy atom. The number of imide groups is 1. The van der Waals surface area contributed by atoms with Crippen LogP contribution in [0.3, 0.4) is 0 Å². The number of nitrogens with zero attached hydrogens (tertiary/aromatic N) is 3. The van der Waals surface area contributed by atoms with Gasteiger partial charge in [-0.1, -0.05) is 12.1 Å². The highest BCUT2D eigenvalue weighted by molar-refractivity contribution is 6.21. The van der Waals surface area contributed by atoms with Crippen LogP contribution in [0.15, 0.2) is 53.5 Å². The summed E-state index contributed by atoms with van der Waals surface area (Å²) in [6.45, 7) is 0.708. The van der Waals surface area contributed by atoms with Gasteiger partial charge < -0.3 is 18.8 Å². The summed E-state index contributed by atoms with van der Waals surface area (Å²) < 4.78 is 18.5. The summed E-state index contributed by atoms with van der Waals surface area (Å²) in [7, 11) is 1.56. The molecule has 1 saturated heterocycles. The zero-order chi connectivity index (χ0) is 22.2. The van der Waals surface area contributed by atoms with Gasteiger partial charge in [0.25, 0.3) is 17.4 Å². The lowest BCUT2D eigenvalue weighted by Crippen LogP contribution is -2.50. The molecule has 0 saturated carbocycles. The number of carbonyl (C=O) groups is 2. The molecule has 2 aliphatic heterocycles. The smallest absolute Gasteiger partial charge is 0.269 e. The minimum Gasteiger partial charge on any atom is -0.497 e. The van der Waals surface area contributed by atoms with E-state index >= 15 is 0 Å². The van der Waals surface area contributed by atoms with Crippen molar-refractivity contribution in [2.24, 2.45) is 0 Å². The molecule has 164 valence electrons. The number of methoxy groups -OCH3 is 1. The molecule has 32 heavy (non-hydrogen) atoms. The maximum absolute atomic E-state index is 12.7. The van der Waals surface area contributed by atoms with Crippen molar-refractivity contribution in [1.29, 1.82) is 0 Å². The van der Waals surface area contributed by atoms with Crippen LogP contribution < -0.4 is 10.3 Å². The second-order valence-electron chi connectivity index (χ2n) is 7.67. The van der Waals surface area contributed by atoms with E-state index in [1.54, 1.807) is 54.1 Å². The van der Waals surface area contributed by atoms with Crippen LogP contribution in [0.2, 0.25) is 0 Å². The topological polar surface area (TPSA) is 100.0 Å². The van der Waals surface area contributed by atoms with Crippen molar-refractivity contribution in [3.05, 3.63) is 70.1 Å². The normalized spacial score (nSPS) is 20.6. The Morgan fingerprint density at radius 1 is 1.03 bits per heavy atom. The largest absolute Gasteiger partial charge is 0.497 e. The number of aryl methyl sites for hydroxylation is 1. The highest BCUT2D eigenvalue weighted by Gasteiger charge is 2.41. The van der Waals surface area contributed by atoms with Gasteiger partial charge in [-0.2, -0.15) is 0 Å². The fourth-order valence-electron chi connectivity index (χ4n) is 4.12. The van der Waals surface area contributed by atoms with Gasteiger partial charge in [0.15, 0.2) is 6.29 Å². The number of ether oxygens (including phenoxy) is 3. The minimum atomic E-state index is -0.554. The second kappa shape index (κ2) is 8.18. The molecule has 0 atom stereocenters. The summed E-state index contributed by atoms with van der Waals surface area (Å²) in [5.41, 5.74) is 1.92. The van der Waals surface area contributed by atoms with Crippen molar-refractivity contribution in [3.63, 3.8) is 0 Å². The van der Waals surface area contributed by atoms with E-state index < -0.39 is 12.3 Å². The first-order chi connectivity index (χ1) is 15.6. The van der Waals surface area contributed by atoms with Crippen LogP contribution in [0.25, 0.3) is 11.0 Å². The van der Waals surface area contributed by atoms with Gasteiger partial charge in [-0.25, -0.2) is 4.98 Å². The van der Waals surface area contributed by atoms with E-state index in [9.17, 15) is 14.4 Å². The highest BCUT2D eigenvalue weighted by Crippen LogP contribution is 2.27. The predicted molar refractivity (Wildman–Crippen MR) is 114 cm³/mol. The van der Waals surface area contributed by atoms with Crippen LogP contribution >= 0.6 is 0 Å². The van der Waals surface area contributed by atoms with E-state index in [4.69, 9.17) is 14.2 Å². The van der Waals surface area contributed by atoms with Gasteiger partial charge >= 0.3 is 0 Å². The first-order valence-electron chi connectivity index (χ1n) is 10.3. The van der Waals surface area contributed by atoms with Crippen LogP contribution in [0.4, 0.5) is 0 Å². The number of hydrogen-bond donors (Lipinski definition) is 0. The van der Waals surface area contributed by atoms with E-state index in [1.807, 2.05) is 0 Å². The predicted octanol–water partition coefficient (Wildman–Crippen LogP) is 1.83. The third-order valence-electron chi connectivity index (χ3n) is 5.78. The maximum Gasteiger partial charge on any atom is 0.269 e. The van der Waals surface area contributed by atoms with Gasteiger partial charge in [0.05, 0.1) is 54.7 Å². The Labute approximate surface area is 183 Å². The molecule has 0 unspecified atom stereocenters. The molecule has 5 rings (SSSR count). The second-order valence-corrected chi connectivity index (χ2v) is 7.67. The molecule has 0 bridgehead atoms. The van der Waals surface area contributed by atoms with Gasteiger partial charge in [0, 0.05) is 19.0 Å². The van der Waals surface area contributed by atoms with Crippen molar-refractivity contribution in [1.82, 2.24) is 14.5 Å². The Kier molecular flexibility index (Phi) is 5.20. The standard InChI is InChI=1S/C23H21N3O6/c1-30-15-6-7-18-19(10-15)25(20(27)11-24-18)9-8-21-31-12-14(13-32-21)26-22(28)16-4-2-3-5-17(16)23(26)29/h2-7,10-11,14,21H,8-9,12-13H2,1H3/t14-,21-. The first kappa shape index (κ1) is 20.3. The highest BCUT2D eigenvalue weighted by atomic mass is 16.7. The number of fused-ring (bicyclic) bond motifs is 2. The molecule has 0 N–H and O–H groups in total. The van der Waals surface area contributed by atoms with Gasteiger partial charge in [-0.05, 0) is 24.3 Å². The van der Waals surface area contributed by atoms with Crippen molar-refractivity contribution in [3.8, 4) is 5.75 Å². The summed E-state index contributed by atoms with van der Waals surface area (Å²) in [5.74, 6) is -0.0254. The van der Waals surface area contributed by atoms with Gasteiger partial charge in [-0.15, -0.1) is 0 Å². The fourth-order valence-corrected chi connectivity index (χ4v) is 4.12. The molecule has 9 nitrogen and oxygen atoms in total. The quantitative estimate of drug-likeness (QED) is 0.564. The molecule has 1 fully saturated rings. The molecule has 3 aromatic rings. The summed E-state index contributed by atoms with van der Waals surface area (Å²) in [6, 6.07) is 11.6. The molecular formula is C23H21N3O6. The van der Waals surface area contributed by atoms with E-state index in [0.29, 0.717) is 40.9 Å². The average molecular weight is 435 g/mol. The SMILES string of the molecule is COc1ccc2ncc(=O)n(CC[C@H]3OC[C@H](N4C(=O)c5ccccc5C4=O)CO3)c2c1. The molecule has 9 heteroatoms. The lowest BCUT2D eigenvalue weighted by molar-refractivity contribution is -0.200. The number of hydrogen-bond acceptors (Lipinski definition) is 7. The Hall–Kier alpha value is -3.56. The number of carbonyl (C=O) groups excluding carboxylic acids is 2. The van der Waals surface area contributed by atoms with Crippen LogP contribution in [-0.2, 0) is 16.0 Å². The third-order valence-corrected chi connectivity index (χ3v) is 5.78. The number of benzene rings is 2.